The molecule has 0 spiro atoms. The first kappa shape index (κ1) is 18.1. The molecule has 124 valence electrons. The van der Waals surface area contributed by atoms with Crippen LogP contribution in [0, 0.1) is 11.8 Å². The van der Waals surface area contributed by atoms with Crippen molar-refractivity contribution in [3.8, 4) is 0 Å². The maximum absolute atomic E-state index is 11.2. The van der Waals surface area contributed by atoms with Crippen molar-refractivity contribution in [2.24, 2.45) is 11.8 Å². The van der Waals surface area contributed by atoms with E-state index in [9.17, 15) is 9.59 Å². The molecule has 0 aromatic heterocycles. The average Bonchev–Trinajstić information content (AvgIpc) is 2.55. The molecule has 0 atom stereocenters. The number of carbonyl (C=O) groups is 2. The van der Waals surface area contributed by atoms with Gasteiger partial charge < -0.3 is 18.9 Å². The van der Waals surface area contributed by atoms with Gasteiger partial charge in [0.25, 0.3) is 0 Å². The van der Waals surface area contributed by atoms with E-state index in [1.807, 2.05) is 0 Å². The molecule has 6 heteroatoms. The zero-order valence-electron chi connectivity index (χ0n) is 12.8. The van der Waals surface area contributed by atoms with Crippen molar-refractivity contribution >= 4 is 12.3 Å². The molecule has 0 heterocycles. The Morgan fingerprint density at radius 1 is 0.773 bits per heavy atom. The SMILES string of the molecule is C=CCOC(=O)OCC1CCC(COC(=O)OCC=C)CC1. The molecular formula is C16H24O6. The average molecular weight is 312 g/mol. The third-order valence-corrected chi connectivity index (χ3v) is 3.48. The molecule has 0 bridgehead atoms. The molecule has 0 radical (unpaired) electrons. The first-order valence-corrected chi connectivity index (χ1v) is 7.46. The van der Waals surface area contributed by atoms with Crippen LogP contribution in [0.4, 0.5) is 9.59 Å². The fourth-order valence-electron chi connectivity index (χ4n) is 2.27. The van der Waals surface area contributed by atoms with Crippen LogP contribution in [0.2, 0.25) is 0 Å². The second-order valence-electron chi connectivity index (χ2n) is 5.21. The summed E-state index contributed by atoms with van der Waals surface area (Å²) in [6.45, 7) is 7.96. The lowest BCUT2D eigenvalue weighted by Gasteiger charge is -2.27. The number of hydrogen-bond acceptors (Lipinski definition) is 6. The fourth-order valence-corrected chi connectivity index (χ4v) is 2.27. The monoisotopic (exact) mass is 312 g/mol. The molecule has 0 aromatic rings. The Bertz CT molecular complexity index is 335. The summed E-state index contributed by atoms with van der Waals surface area (Å²) < 4.78 is 19.6. The number of carbonyl (C=O) groups excluding carboxylic acids is 2. The van der Waals surface area contributed by atoms with Gasteiger partial charge in [-0.05, 0) is 37.5 Å². The lowest BCUT2D eigenvalue weighted by Crippen LogP contribution is -2.24. The molecule has 1 saturated carbocycles. The van der Waals surface area contributed by atoms with Crippen molar-refractivity contribution < 1.29 is 28.5 Å². The minimum absolute atomic E-state index is 0.158. The Hall–Kier alpha value is -1.98. The zero-order valence-corrected chi connectivity index (χ0v) is 12.8. The predicted octanol–water partition coefficient (Wildman–Crippen LogP) is 3.47. The first-order chi connectivity index (χ1) is 10.7. The van der Waals surface area contributed by atoms with E-state index in [0.29, 0.717) is 25.0 Å². The molecule has 22 heavy (non-hydrogen) atoms. The normalized spacial score (nSPS) is 20.5. The topological polar surface area (TPSA) is 71.1 Å². The molecule has 1 fully saturated rings. The van der Waals surface area contributed by atoms with Gasteiger partial charge >= 0.3 is 12.3 Å². The van der Waals surface area contributed by atoms with Crippen molar-refractivity contribution in [1.82, 2.24) is 0 Å². The van der Waals surface area contributed by atoms with E-state index in [4.69, 9.17) is 18.9 Å². The van der Waals surface area contributed by atoms with Crippen molar-refractivity contribution in [2.45, 2.75) is 25.7 Å². The van der Waals surface area contributed by atoms with Gasteiger partial charge in [-0.3, -0.25) is 0 Å². The van der Waals surface area contributed by atoms with Gasteiger partial charge in [0, 0.05) is 0 Å². The summed E-state index contributed by atoms with van der Waals surface area (Å²) in [4.78, 5) is 22.4. The van der Waals surface area contributed by atoms with Gasteiger partial charge in [-0.25, -0.2) is 9.59 Å². The lowest BCUT2D eigenvalue weighted by molar-refractivity contribution is 0.0294. The molecule has 0 aromatic carbocycles. The molecule has 0 amide bonds. The van der Waals surface area contributed by atoms with Crippen LogP contribution in [-0.2, 0) is 18.9 Å². The van der Waals surface area contributed by atoms with E-state index in [-0.39, 0.29) is 13.2 Å². The molecule has 6 nitrogen and oxygen atoms in total. The molecule has 1 aliphatic carbocycles. The smallest absolute Gasteiger partial charge is 0.434 e. The summed E-state index contributed by atoms with van der Waals surface area (Å²) in [7, 11) is 0. The van der Waals surface area contributed by atoms with Crippen LogP contribution in [-0.4, -0.2) is 38.7 Å². The minimum Gasteiger partial charge on any atom is -0.434 e. The van der Waals surface area contributed by atoms with E-state index in [2.05, 4.69) is 13.2 Å². The molecule has 0 N–H and O–H groups in total. The number of rotatable bonds is 8. The van der Waals surface area contributed by atoms with Crippen molar-refractivity contribution in [3.63, 3.8) is 0 Å². The van der Waals surface area contributed by atoms with Gasteiger partial charge in [-0.15, -0.1) is 0 Å². The second kappa shape index (κ2) is 10.7. The molecule has 0 saturated heterocycles. The highest BCUT2D eigenvalue weighted by atomic mass is 16.7. The highest BCUT2D eigenvalue weighted by Gasteiger charge is 2.23. The summed E-state index contributed by atoms with van der Waals surface area (Å²) in [5.74, 6) is 0.667. The van der Waals surface area contributed by atoms with Gasteiger partial charge in [0.15, 0.2) is 0 Å². The van der Waals surface area contributed by atoms with E-state index >= 15 is 0 Å². The Labute approximate surface area is 131 Å². The van der Waals surface area contributed by atoms with E-state index in [1.165, 1.54) is 12.2 Å². The van der Waals surface area contributed by atoms with E-state index < -0.39 is 12.3 Å². The fraction of sp³-hybridized carbons (Fsp3) is 0.625. The van der Waals surface area contributed by atoms with Crippen LogP contribution in [0.15, 0.2) is 25.3 Å². The first-order valence-electron chi connectivity index (χ1n) is 7.46. The zero-order chi connectivity index (χ0) is 16.2. The Balaban J connectivity index is 2.10. The molecule has 0 unspecified atom stereocenters. The Kier molecular flexibility index (Phi) is 8.79. The summed E-state index contributed by atoms with van der Waals surface area (Å²) in [5, 5.41) is 0. The second-order valence-corrected chi connectivity index (χ2v) is 5.21. The summed E-state index contributed by atoms with van der Waals surface area (Å²) in [5.41, 5.74) is 0. The predicted molar refractivity (Wildman–Crippen MR) is 80.4 cm³/mol. The Morgan fingerprint density at radius 3 is 1.45 bits per heavy atom. The van der Waals surface area contributed by atoms with Gasteiger partial charge in [0.05, 0.1) is 13.2 Å². The van der Waals surface area contributed by atoms with Crippen LogP contribution < -0.4 is 0 Å². The van der Waals surface area contributed by atoms with Crippen LogP contribution in [0.1, 0.15) is 25.7 Å². The highest BCUT2D eigenvalue weighted by Crippen LogP contribution is 2.29. The largest absolute Gasteiger partial charge is 0.508 e. The van der Waals surface area contributed by atoms with Crippen molar-refractivity contribution in [2.75, 3.05) is 26.4 Å². The van der Waals surface area contributed by atoms with Crippen LogP contribution in [0.3, 0.4) is 0 Å². The van der Waals surface area contributed by atoms with E-state index in [1.54, 1.807) is 0 Å². The minimum atomic E-state index is -0.657. The van der Waals surface area contributed by atoms with Gasteiger partial charge in [-0.2, -0.15) is 0 Å². The highest BCUT2D eigenvalue weighted by molar-refractivity contribution is 5.60. The molecule has 1 rings (SSSR count). The maximum atomic E-state index is 11.2. The summed E-state index contributed by atoms with van der Waals surface area (Å²) in [6.07, 6.45) is 5.41. The van der Waals surface area contributed by atoms with Gasteiger partial charge in [0.2, 0.25) is 0 Å². The quantitative estimate of drug-likeness (QED) is 0.505. The number of ether oxygens (including phenoxy) is 4. The molecule has 1 aliphatic rings. The van der Waals surface area contributed by atoms with E-state index in [0.717, 1.165) is 25.7 Å². The van der Waals surface area contributed by atoms with Crippen LogP contribution in [0.5, 0.6) is 0 Å². The van der Waals surface area contributed by atoms with Gasteiger partial charge in [0.1, 0.15) is 13.2 Å². The third kappa shape index (κ3) is 7.71. The number of hydrogen-bond donors (Lipinski definition) is 0. The summed E-state index contributed by atoms with van der Waals surface area (Å²) in [6, 6.07) is 0. The molecule has 0 aliphatic heterocycles. The van der Waals surface area contributed by atoms with Crippen LogP contribution >= 0.6 is 0 Å². The maximum Gasteiger partial charge on any atom is 0.508 e. The van der Waals surface area contributed by atoms with Crippen LogP contribution in [0.25, 0.3) is 0 Å². The lowest BCUT2D eigenvalue weighted by atomic mass is 9.83. The standard InChI is InChI=1S/C16H24O6/c1-3-9-19-15(17)21-11-13-5-7-14(8-6-13)12-22-16(18)20-10-4-2/h3-4,13-14H,1-2,5-12H2. The van der Waals surface area contributed by atoms with Gasteiger partial charge in [-0.1, -0.05) is 25.3 Å². The van der Waals surface area contributed by atoms with Crippen molar-refractivity contribution in [3.05, 3.63) is 25.3 Å². The Morgan fingerprint density at radius 2 is 1.14 bits per heavy atom. The van der Waals surface area contributed by atoms with Crippen molar-refractivity contribution in [1.29, 1.82) is 0 Å². The molecular weight excluding hydrogens is 288 g/mol. The summed E-state index contributed by atoms with van der Waals surface area (Å²) >= 11 is 0. The third-order valence-electron chi connectivity index (χ3n) is 3.48.